The molecule has 0 unspecified atom stereocenters. The molecule has 1 aromatic rings. The van der Waals surface area contributed by atoms with E-state index in [0.29, 0.717) is 19.0 Å². The van der Waals surface area contributed by atoms with Gasteiger partial charge in [0, 0.05) is 12.1 Å². The molecule has 0 radical (unpaired) electrons. The predicted octanol–water partition coefficient (Wildman–Crippen LogP) is 0.942. The third kappa shape index (κ3) is 1.92. The van der Waals surface area contributed by atoms with Gasteiger partial charge in [-0.1, -0.05) is 12.1 Å². The summed E-state index contributed by atoms with van der Waals surface area (Å²) >= 11 is 0. The zero-order valence-electron chi connectivity index (χ0n) is 7.73. The van der Waals surface area contributed by atoms with E-state index in [4.69, 9.17) is 9.94 Å². The lowest BCUT2D eigenvalue weighted by molar-refractivity contribution is 0.161. The first-order valence-electron chi connectivity index (χ1n) is 4.53. The van der Waals surface area contributed by atoms with Crippen molar-refractivity contribution >= 4 is 5.90 Å². The second-order valence-corrected chi connectivity index (χ2v) is 3.07. The molecular weight excluding hydrogens is 180 g/mol. The van der Waals surface area contributed by atoms with Crippen LogP contribution >= 0.6 is 0 Å². The predicted molar refractivity (Wildman–Crippen MR) is 52.4 cm³/mol. The SMILES string of the molecule is ONCc1cccc(C2=NCCO2)c1. The summed E-state index contributed by atoms with van der Waals surface area (Å²) in [5, 5.41) is 8.56. The lowest BCUT2D eigenvalue weighted by atomic mass is 10.1. The summed E-state index contributed by atoms with van der Waals surface area (Å²) in [6, 6.07) is 7.76. The van der Waals surface area contributed by atoms with E-state index in [2.05, 4.69) is 10.5 Å². The molecule has 0 spiro atoms. The lowest BCUT2D eigenvalue weighted by Gasteiger charge is -2.04. The summed E-state index contributed by atoms with van der Waals surface area (Å²) in [5.41, 5.74) is 4.09. The Balaban J connectivity index is 2.21. The summed E-state index contributed by atoms with van der Waals surface area (Å²) in [4.78, 5) is 4.22. The highest BCUT2D eigenvalue weighted by Gasteiger charge is 2.09. The number of nitrogens with zero attached hydrogens (tertiary/aromatic N) is 1. The first-order valence-corrected chi connectivity index (χ1v) is 4.53. The molecule has 1 aromatic carbocycles. The second kappa shape index (κ2) is 4.21. The lowest BCUT2D eigenvalue weighted by Crippen LogP contribution is -2.07. The smallest absolute Gasteiger partial charge is 0.216 e. The summed E-state index contributed by atoms with van der Waals surface area (Å²) in [7, 11) is 0. The molecular formula is C10H12N2O2. The Bertz CT molecular complexity index is 350. The molecule has 0 saturated carbocycles. The molecule has 4 heteroatoms. The van der Waals surface area contributed by atoms with Gasteiger partial charge in [-0.2, -0.15) is 0 Å². The van der Waals surface area contributed by atoms with Crippen molar-refractivity contribution in [2.75, 3.05) is 13.2 Å². The second-order valence-electron chi connectivity index (χ2n) is 3.07. The Morgan fingerprint density at radius 1 is 1.50 bits per heavy atom. The number of aliphatic imine (C=N–C) groups is 1. The number of hydrogen-bond acceptors (Lipinski definition) is 4. The minimum atomic E-state index is 0.432. The number of benzene rings is 1. The highest BCUT2D eigenvalue weighted by molar-refractivity contribution is 5.95. The van der Waals surface area contributed by atoms with E-state index in [1.54, 1.807) is 0 Å². The Morgan fingerprint density at radius 2 is 2.43 bits per heavy atom. The van der Waals surface area contributed by atoms with Gasteiger partial charge < -0.3 is 9.94 Å². The molecule has 1 heterocycles. The molecule has 2 rings (SSSR count). The van der Waals surface area contributed by atoms with Crippen molar-refractivity contribution in [1.29, 1.82) is 0 Å². The number of rotatable bonds is 3. The molecule has 0 aliphatic carbocycles. The van der Waals surface area contributed by atoms with Crippen LogP contribution in [0.2, 0.25) is 0 Å². The van der Waals surface area contributed by atoms with Crippen molar-refractivity contribution in [3.63, 3.8) is 0 Å². The Labute approximate surface area is 82.2 Å². The first-order chi connectivity index (χ1) is 6.90. The van der Waals surface area contributed by atoms with Gasteiger partial charge in [-0.25, -0.2) is 10.5 Å². The van der Waals surface area contributed by atoms with Crippen molar-refractivity contribution in [2.45, 2.75) is 6.54 Å². The fourth-order valence-corrected chi connectivity index (χ4v) is 1.42. The van der Waals surface area contributed by atoms with Gasteiger partial charge in [0.25, 0.3) is 0 Å². The monoisotopic (exact) mass is 192 g/mol. The molecule has 0 bridgehead atoms. The van der Waals surface area contributed by atoms with Gasteiger partial charge in [-0.15, -0.1) is 0 Å². The van der Waals surface area contributed by atoms with Gasteiger partial charge in [0.15, 0.2) is 0 Å². The molecule has 2 N–H and O–H groups in total. The van der Waals surface area contributed by atoms with Crippen molar-refractivity contribution < 1.29 is 9.94 Å². The van der Waals surface area contributed by atoms with Gasteiger partial charge in [0.2, 0.25) is 5.90 Å². The maximum atomic E-state index is 8.56. The molecule has 0 aromatic heterocycles. The highest BCUT2D eigenvalue weighted by atomic mass is 16.5. The Kier molecular flexibility index (Phi) is 2.76. The van der Waals surface area contributed by atoms with Crippen LogP contribution in [0.15, 0.2) is 29.3 Å². The van der Waals surface area contributed by atoms with E-state index < -0.39 is 0 Å². The average Bonchev–Trinajstić information content (AvgIpc) is 2.71. The normalized spacial score (nSPS) is 15.1. The van der Waals surface area contributed by atoms with Crippen molar-refractivity contribution in [3.8, 4) is 0 Å². The maximum Gasteiger partial charge on any atom is 0.216 e. The van der Waals surface area contributed by atoms with Crippen LogP contribution in [-0.4, -0.2) is 24.3 Å². The maximum absolute atomic E-state index is 8.56. The van der Waals surface area contributed by atoms with E-state index in [1.165, 1.54) is 0 Å². The van der Waals surface area contributed by atoms with Crippen molar-refractivity contribution in [3.05, 3.63) is 35.4 Å². The number of nitrogens with one attached hydrogen (secondary N) is 1. The van der Waals surface area contributed by atoms with Crippen molar-refractivity contribution in [2.24, 2.45) is 4.99 Å². The number of hydrogen-bond donors (Lipinski definition) is 2. The molecule has 0 fully saturated rings. The van der Waals surface area contributed by atoms with E-state index in [0.717, 1.165) is 17.7 Å². The third-order valence-electron chi connectivity index (χ3n) is 2.04. The molecule has 0 saturated heterocycles. The van der Waals surface area contributed by atoms with Gasteiger partial charge in [-0.3, -0.25) is 0 Å². The minimum absolute atomic E-state index is 0.432. The van der Waals surface area contributed by atoms with Crippen LogP contribution in [-0.2, 0) is 11.3 Å². The summed E-state index contributed by atoms with van der Waals surface area (Å²) < 4.78 is 5.34. The van der Waals surface area contributed by atoms with Crippen LogP contribution in [0.1, 0.15) is 11.1 Å². The van der Waals surface area contributed by atoms with Crippen LogP contribution < -0.4 is 5.48 Å². The van der Waals surface area contributed by atoms with Gasteiger partial charge in [0.05, 0.1) is 6.54 Å². The molecule has 1 aliphatic heterocycles. The van der Waals surface area contributed by atoms with E-state index in [9.17, 15) is 0 Å². The average molecular weight is 192 g/mol. The van der Waals surface area contributed by atoms with Gasteiger partial charge in [-0.05, 0) is 17.7 Å². The van der Waals surface area contributed by atoms with Crippen molar-refractivity contribution in [1.82, 2.24) is 5.48 Å². The summed E-state index contributed by atoms with van der Waals surface area (Å²) in [6.07, 6.45) is 0. The molecule has 4 nitrogen and oxygen atoms in total. The third-order valence-corrected chi connectivity index (χ3v) is 2.04. The Morgan fingerprint density at radius 3 is 3.14 bits per heavy atom. The topological polar surface area (TPSA) is 53.8 Å². The molecule has 1 aliphatic rings. The highest BCUT2D eigenvalue weighted by Crippen LogP contribution is 2.10. The largest absolute Gasteiger partial charge is 0.476 e. The standard InChI is InChI=1S/C10H12N2O2/c13-12-7-8-2-1-3-9(6-8)10-11-4-5-14-10/h1-3,6,12-13H,4-5,7H2. The minimum Gasteiger partial charge on any atom is -0.476 e. The summed E-state index contributed by atoms with van der Waals surface area (Å²) in [5.74, 6) is 0.699. The van der Waals surface area contributed by atoms with Crippen LogP contribution in [0.5, 0.6) is 0 Å². The first kappa shape index (κ1) is 9.18. The summed E-state index contributed by atoms with van der Waals surface area (Å²) in [6.45, 7) is 1.83. The van der Waals surface area contributed by atoms with Gasteiger partial charge >= 0.3 is 0 Å². The molecule has 74 valence electrons. The van der Waals surface area contributed by atoms with Gasteiger partial charge in [0.1, 0.15) is 6.61 Å². The zero-order chi connectivity index (χ0) is 9.80. The quantitative estimate of drug-likeness (QED) is 0.701. The van der Waals surface area contributed by atoms with Crippen LogP contribution in [0.25, 0.3) is 0 Å². The molecule has 14 heavy (non-hydrogen) atoms. The molecule has 0 atom stereocenters. The van der Waals surface area contributed by atoms with Crippen LogP contribution in [0.4, 0.5) is 0 Å². The van der Waals surface area contributed by atoms with E-state index in [1.807, 2.05) is 24.3 Å². The fraction of sp³-hybridized carbons (Fsp3) is 0.300. The van der Waals surface area contributed by atoms with Crippen LogP contribution in [0, 0.1) is 0 Å². The number of hydroxylamine groups is 1. The Hall–Kier alpha value is -1.39. The van der Waals surface area contributed by atoms with Crippen LogP contribution in [0.3, 0.4) is 0 Å². The zero-order valence-corrected chi connectivity index (χ0v) is 7.73. The van der Waals surface area contributed by atoms with E-state index >= 15 is 0 Å². The fourth-order valence-electron chi connectivity index (χ4n) is 1.42. The van der Waals surface area contributed by atoms with E-state index in [-0.39, 0.29) is 0 Å². The number of ether oxygens (including phenoxy) is 1. The molecule has 0 amide bonds.